The third kappa shape index (κ3) is 8.81. The maximum absolute atomic E-state index is 13.1. The van der Waals surface area contributed by atoms with Crippen LogP contribution in [-0.2, 0) is 9.47 Å². The molecule has 4 N–H and O–H groups in total. The van der Waals surface area contributed by atoms with Gasteiger partial charge in [-0.15, -0.1) is 0 Å². The second-order valence-electron chi connectivity index (χ2n) is 12.9. The molecule has 0 unspecified atom stereocenters. The van der Waals surface area contributed by atoms with Gasteiger partial charge in [-0.2, -0.15) is 10.2 Å². The molecular weight excluding hydrogens is 629 g/mol. The van der Waals surface area contributed by atoms with E-state index in [0.717, 1.165) is 37.4 Å². The maximum atomic E-state index is 13.1. The van der Waals surface area contributed by atoms with Crippen molar-refractivity contribution < 1.29 is 24.4 Å². The fraction of sp³-hybridized carbons (Fsp3) is 0.429. The Labute approximate surface area is 285 Å². The molecule has 0 saturated carbocycles. The monoisotopic (exact) mass is 671 g/mol. The number of piperidine rings is 2. The summed E-state index contributed by atoms with van der Waals surface area (Å²) in [6.45, 7) is 7.94. The summed E-state index contributed by atoms with van der Waals surface area (Å²) >= 11 is 1.18. The van der Waals surface area contributed by atoms with Crippen LogP contribution in [0.1, 0.15) is 62.5 Å². The number of pyridine rings is 2. The molecule has 48 heavy (non-hydrogen) atoms. The minimum Gasteiger partial charge on any atom is -0.474 e. The fourth-order valence-electron chi connectivity index (χ4n) is 5.78. The Balaban J connectivity index is 1.47. The number of nitrogens with two attached hydrogens (primary N) is 1. The van der Waals surface area contributed by atoms with E-state index >= 15 is 0 Å². The first-order valence-electron chi connectivity index (χ1n) is 16.2. The number of quaternary nitrogens is 1. The average molecular weight is 672 g/mol. The summed E-state index contributed by atoms with van der Waals surface area (Å²) < 4.78 is 14.6. The molecule has 0 atom stereocenters. The topological polar surface area (TPSA) is 161 Å². The van der Waals surface area contributed by atoms with Crippen molar-refractivity contribution in [2.45, 2.75) is 58.2 Å². The van der Waals surface area contributed by atoms with Gasteiger partial charge in [-0.1, -0.05) is 30.1 Å². The van der Waals surface area contributed by atoms with E-state index in [1.165, 1.54) is 11.9 Å². The van der Waals surface area contributed by atoms with Crippen LogP contribution in [0.2, 0.25) is 0 Å². The van der Waals surface area contributed by atoms with Crippen molar-refractivity contribution in [3.8, 4) is 17.2 Å². The number of para-hydroxylation sites is 1. The van der Waals surface area contributed by atoms with E-state index in [0.29, 0.717) is 48.4 Å². The molecule has 2 aromatic heterocycles. The first kappa shape index (κ1) is 34.7. The first-order chi connectivity index (χ1) is 23.0. The second-order valence-corrected chi connectivity index (χ2v) is 13.5. The molecule has 12 nitrogen and oxygen atoms in total. The molecule has 0 radical (unpaired) electrons. The standard InChI is InChI=1S/C35H42N8O4S/c1-35(2,3)47-34(45)43-18-14-26(15-19-43)46-31(37)30-27(24-10-11-29(38-22-24)42-16-12-23(21-36)13-17-42)20-28(33(44)41-48-4)40-32(30)39-25-8-6-5-7-9-25/h5-11,20,22-23,26,37H,12-19H2,1-4H3,(H,39,40)(H,41,44)/p+1. The number of carbonyl (C=O) groups excluding carboxylic acids is 2. The molecule has 2 aliphatic rings. The Hall–Kier alpha value is -4.67. The van der Waals surface area contributed by atoms with Crippen molar-refractivity contribution in [2.75, 3.05) is 37.3 Å². The lowest BCUT2D eigenvalue weighted by Crippen LogP contribution is -2.72. The molecule has 2 aliphatic heterocycles. The number of anilines is 1. The van der Waals surface area contributed by atoms with Crippen LogP contribution in [0.3, 0.4) is 0 Å². The Kier molecular flexibility index (Phi) is 11.2. The molecule has 4 heterocycles. The van der Waals surface area contributed by atoms with E-state index in [4.69, 9.17) is 19.4 Å². The highest BCUT2D eigenvalue weighted by Gasteiger charge is 2.31. The molecule has 252 valence electrons. The smallest absolute Gasteiger partial charge is 0.410 e. The number of hydrogen-bond acceptors (Lipinski definition) is 10. The van der Waals surface area contributed by atoms with Crippen LogP contribution >= 0.6 is 11.9 Å². The fourth-order valence-corrected chi connectivity index (χ4v) is 6.07. The minimum atomic E-state index is -0.582. The average Bonchev–Trinajstić information content (AvgIpc) is 3.08. The number of amides is 2. The van der Waals surface area contributed by atoms with Gasteiger partial charge in [-0.3, -0.25) is 20.2 Å². The van der Waals surface area contributed by atoms with Crippen molar-refractivity contribution in [1.29, 1.82) is 10.7 Å². The number of rotatable bonds is 8. The molecule has 13 heteroatoms. The zero-order valence-electron chi connectivity index (χ0n) is 27.9. The number of benzene rings is 1. The van der Waals surface area contributed by atoms with Gasteiger partial charge in [0, 0.05) is 68.5 Å². The Morgan fingerprint density at radius 1 is 1.06 bits per heavy atom. The number of nitrogens with one attached hydrogen (secondary N) is 2. The lowest BCUT2D eigenvalue weighted by Gasteiger charge is -2.33. The predicted octanol–water partition coefficient (Wildman–Crippen LogP) is 5.16. The van der Waals surface area contributed by atoms with Gasteiger partial charge in [0.05, 0.1) is 6.07 Å². The number of likely N-dealkylation sites (tertiary alicyclic amines) is 1. The SMILES string of the molecule is CSNC(=O)c1cc(-c2ccc(N3CCC(C#N)CC3)nc2)c(C(=N)OC2CCN(C(=O)OC(C)(C)C)CC2)c([NH2+]c2ccccc2)n1. The van der Waals surface area contributed by atoms with Crippen LogP contribution in [0.25, 0.3) is 11.1 Å². The van der Waals surface area contributed by atoms with Gasteiger partial charge in [0.15, 0.2) is 0 Å². The molecule has 2 amide bonds. The van der Waals surface area contributed by atoms with Crippen molar-refractivity contribution in [1.82, 2.24) is 19.6 Å². The highest BCUT2D eigenvalue weighted by molar-refractivity contribution is 7.97. The third-order valence-corrected chi connectivity index (χ3v) is 8.63. The number of aromatic nitrogens is 2. The molecule has 1 aromatic carbocycles. The van der Waals surface area contributed by atoms with Gasteiger partial charge in [-0.05, 0) is 63.9 Å². The van der Waals surface area contributed by atoms with Crippen molar-refractivity contribution in [2.24, 2.45) is 5.92 Å². The molecule has 0 aliphatic carbocycles. The van der Waals surface area contributed by atoms with E-state index in [-0.39, 0.29) is 35.6 Å². The van der Waals surface area contributed by atoms with Gasteiger partial charge >= 0.3 is 6.09 Å². The largest absolute Gasteiger partial charge is 0.474 e. The van der Waals surface area contributed by atoms with E-state index in [2.05, 4.69) is 15.7 Å². The van der Waals surface area contributed by atoms with Gasteiger partial charge < -0.3 is 19.3 Å². The number of nitrogens with zero attached hydrogens (tertiary/aromatic N) is 5. The summed E-state index contributed by atoms with van der Waals surface area (Å²) in [6.07, 6.45) is 5.53. The van der Waals surface area contributed by atoms with E-state index in [1.807, 2.05) is 68.6 Å². The van der Waals surface area contributed by atoms with Crippen LogP contribution in [0.4, 0.5) is 22.1 Å². The Morgan fingerprint density at radius 2 is 1.77 bits per heavy atom. The van der Waals surface area contributed by atoms with Gasteiger partial charge in [0.2, 0.25) is 11.7 Å². The van der Waals surface area contributed by atoms with Gasteiger partial charge in [-0.25, -0.2) is 9.78 Å². The predicted molar refractivity (Wildman–Crippen MR) is 185 cm³/mol. The van der Waals surface area contributed by atoms with Gasteiger partial charge in [0.25, 0.3) is 5.91 Å². The van der Waals surface area contributed by atoms with E-state index in [1.54, 1.807) is 23.4 Å². The highest BCUT2D eigenvalue weighted by atomic mass is 32.2. The third-order valence-electron chi connectivity index (χ3n) is 8.24. The zero-order chi connectivity index (χ0) is 34.3. The molecule has 3 aromatic rings. The Bertz CT molecular complexity index is 1640. The molecular formula is C35H43N8O4S+. The normalized spacial score (nSPS) is 15.8. The molecule has 0 bridgehead atoms. The van der Waals surface area contributed by atoms with Crippen molar-refractivity contribution in [3.05, 3.63) is 66.0 Å². The number of hydrogen-bond donors (Lipinski definition) is 3. The number of carbonyl (C=O) groups is 2. The van der Waals surface area contributed by atoms with Crippen molar-refractivity contribution in [3.63, 3.8) is 0 Å². The summed E-state index contributed by atoms with van der Waals surface area (Å²) in [4.78, 5) is 39.1. The van der Waals surface area contributed by atoms with E-state index in [9.17, 15) is 20.3 Å². The lowest BCUT2D eigenvalue weighted by molar-refractivity contribution is -0.483. The molecule has 2 saturated heterocycles. The van der Waals surface area contributed by atoms with E-state index < -0.39 is 5.60 Å². The summed E-state index contributed by atoms with van der Waals surface area (Å²) in [5, 5.41) is 20.4. The molecule has 2 fully saturated rings. The molecule has 5 rings (SSSR count). The number of ether oxygens (including phenoxy) is 2. The van der Waals surface area contributed by atoms with Crippen LogP contribution in [0, 0.1) is 22.7 Å². The quantitative estimate of drug-likeness (QED) is 0.127. The summed E-state index contributed by atoms with van der Waals surface area (Å²) in [5.41, 5.74) is 2.22. The second kappa shape index (κ2) is 15.5. The highest BCUT2D eigenvalue weighted by Crippen LogP contribution is 2.31. The maximum Gasteiger partial charge on any atom is 0.410 e. The van der Waals surface area contributed by atoms with Gasteiger partial charge in [0.1, 0.15) is 34.5 Å². The lowest BCUT2D eigenvalue weighted by atomic mass is 9.98. The van der Waals surface area contributed by atoms with Crippen LogP contribution in [0.15, 0.2) is 54.7 Å². The minimum absolute atomic E-state index is 0.0700. The summed E-state index contributed by atoms with van der Waals surface area (Å²) in [6, 6.07) is 17.5. The summed E-state index contributed by atoms with van der Waals surface area (Å²) in [7, 11) is 0. The van der Waals surface area contributed by atoms with Crippen LogP contribution < -0.4 is 14.9 Å². The van der Waals surface area contributed by atoms with Crippen molar-refractivity contribution >= 4 is 47.2 Å². The zero-order valence-corrected chi connectivity index (χ0v) is 28.7. The number of nitriles is 1. The van der Waals surface area contributed by atoms with Crippen LogP contribution in [-0.4, -0.2) is 76.9 Å². The Morgan fingerprint density at radius 3 is 2.38 bits per heavy atom. The first-order valence-corrected chi connectivity index (χ1v) is 17.4. The molecule has 0 spiro atoms. The summed E-state index contributed by atoms with van der Waals surface area (Å²) in [5.74, 6) is 0.870. The van der Waals surface area contributed by atoms with Crippen LogP contribution in [0.5, 0.6) is 0 Å².